The molecule has 3 rings (SSSR count). The minimum absolute atomic E-state index is 0.0557. The SMILES string of the molecule is C=CCOc1ccc2c(c1)sc1nc(C(=O)O)cn12. The minimum Gasteiger partial charge on any atom is -0.490 e. The zero-order valence-corrected chi connectivity index (χ0v) is 10.7. The predicted molar refractivity (Wildman–Crippen MR) is 73.2 cm³/mol. The van der Waals surface area contributed by atoms with Crippen molar-refractivity contribution in [1.29, 1.82) is 0 Å². The largest absolute Gasteiger partial charge is 0.490 e. The number of aromatic carboxylic acids is 1. The quantitative estimate of drug-likeness (QED) is 0.743. The molecule has 1 aromatic carbocycles. The van der Waals surface area contributed by atoms with Crippen LogP contribution >= 0.6 is 11.3 Å². The Morgan fingerprint density at radius 1 is 1.58 bits per heavy atom. The van der Waals surface area contributed by atoms with Gasteiger partial charge in [-0.15, -0.1) is 0 Å². The molecule has 0 spiro atoms. The average Bonchev–Trinajstić information content (AvgIpc) is 2.93. The number of nitrogens with zero attached hydrogens (tertiary/aromatic N) is 2. The summed E-state index contributed by atoms with van der Waals surface area (Å²) >= 11 is 1.43. The molecule has 0 radical (unpaired) electrons. The summed E-state index contributed by atoms with van der Waals surface area (Å²) in [5, 5.41) is 8.92. The number of imidazole rings is 1. The molecular formula is C13H10N2O3S. The normalized spacial score (nSPS) is 10.9. The number of aromatic nitrogens is 2. The van der Waals surface area contributed by atoms with Gasteiger partial charge in [0.2, 0.25) is 0 Å². The van der Waals surface area contributed by atoms with E-state index in [0.29, 0.717) is 11.6 Å². The summed E-state index contributed by atoms with van der Waals surface area (Å²) in [7, 11) is 0. The van der Waals surface area contributed by atoms with Crippen LogP contribution in [0.15, 0.2) is 37.1 Å². The van der Waals surface area contributed by atoms with Gasteiger partial charge in [-0.05, 0) is 18.2 Å². The van der Waals surface area contributed by atoms with Gasteiger partial charge in [0.25, 0.3) is 0 Å². The van der Waals surface area contributed by atoms with Crippen molar-refractivity contribution in [2.45, 2.75) is 0 Å². The third-order valence-electron chi connectivity index (χ3n) is 2.65. The Hall–Kier alpha value is -2.34. The number of fused-ring (bicyclic) bond motifs is 3. The van der Waals surface area contributed by atoms with E-state index in [1.165, 1.54) is 17.5 Å². The lowest BCUT2D eigenvalue weighted by Crippen LogP contribution is -1.95. The number of carboxylic acid groups (broad SMARTS) is 1. The monoisotopic (exact) mass is 274 g/mol. The van der Waals surface area contributed by atoms with Crippen molar-refractivity contribution in [2.75, 3.05) is 6.61 Å². The smallest absolute Gasteiger partial charge is 0.356 e. The number of carbonyl (C=O) groups is 1. The molecule has 6 heteroatoms. The zero-order valence-electron chi connectivity index (χ0n) is 9.87. The van der Waals surface area contributed by atoms with Crippen LogP contribution in [0.5, 0.6) is 5.75 Å². The van der Waals surface area contributed by atoms with Crippen molar-refractivity contribution >= 4 is 32.5 Å². The Kier molecular flexibility index (Phi) is 2.72. The highest BCUT2D eigenvalue weighted by molar-refractivity contribution is 7.23. The van der Waals surface area contributed by atoms with Crippen LogP contribution in [0.25, 0.3) is 15.2 Å². The van der Waals surface area contributed by atoms with Gasteiger partial charge >= 0.3 is 5.97 Å². The van der Waals surface area contributed by atoms with Gasteiger partial charge in [0.05, 0.1) is 10.2 Å². The molecule has 0 atom stereocenters. The second-order valence-electron chi connectivity index (χ2n) is 3.92. The van der Waals surface area contributed by atoms with Crippen molar-refractivity contribution in [1.82, 2.24) is 9.38 Å². The van der Waals surface area contributed by atoms with Crippen LogP contribution in [-0.4, -0.2) is 27.1 Å². The maximum absolute atomic E-state index is 10.9. The summed E-state index contributed by atoms with van der Waals surface area (Å²) in [5.74, 6) is -0.259. The molecule has 3 aromatic rings. The molecule has 19 heavy (non-hydrogen) atoms. The van der Waals surface area contributed by atoms with Crippen molar-refractivity contribution in [3.8, 4) is 5.75 Å². The summed E-state index contributed by atoms with van der Waals surface area (Å²) in [5.41, 5.74) is 0.978. The van der Waals surface area contributed by atoms with E-state index < -0.39 is 5.97 Å². The summed E-state index contributed by atoms with van der Waals surface area (Å²) < 4.78 is 8.24. The molecule has 0 bridgehead atoms. The van der Waals surface area contributed by atoms with Crippen molar-refractivity contribution in [2.24, 2.45) is 0 Å². The van der Waals surface area contributed by atoms with Gasteiger partial charge in [-0.2, -0.15) is 0 Å². The first-order valence-corrected chi connectivity index (χ1v) is 6.39. The van der Waals surface area contributed by atoms with Crippen LogP contribution in [0.4, 0.5) is 0 Å². The minimum atomic E-state index is -1.02. The van der Waals surface area contributed by atoms with Gasteiger partial charge in [-0.1, -0.05) is 24.0 Å². The van der Waals surface area contributed by atoms with Crippen LogP contribution in [0.1, 0.15) is 10.5 Å². The predicted octanol–water partition coefficient (Wildman–Crippen LogP) is 2.81. The first kappa shape index (κ1) is 11.7. The highest BCUT2D eigenvalue weighted by Crippen LogP contribution is 2.29. The number of carboxylic acids is 1. The molecule has 0 amide bonds. The Morgan fingerprint density at radius 3 is 3.16 bits per heavy atom. The summed E-state index contributed by atoms with van der Waals surface area (Å²) in [4.78, 5) is 15.6. The van der Waals surface area contributed by atoms with Crippen LogP contribution in [0, 0.1) is 0 Å². The van der Waals surface area contributed by atoms with E-state index in [1.807, 2.05) is 18.2 Å². The van der Waals surface area contributed by atoms with Crippen molar-refractivity contribution < 1.29 is 14.6 Å². The lowest BCUT2D eigenvalue weighted by Gasteiger charge is -2.02. The van der Waals surface area contributed by atoms with Gasteiger partial charge in [0, 0.05) is 6.20 Å². The first-order valence-electron chi connectivity index (χ1n) is 5.57. The summed E-state index contributed by atoms with van der Waals surface area (Å²) in [6, 6.07) is 5.65. The fourth-order valence-corrected chi connectivity index (χ4v) is 2.87. The van der Waals surface area contributed by atoms with Crippen LogP contribution in [0.3, 0.4) is 0 Å². The molecule has 0 unspecified atom stereocenters. The van der Waals surface area contributed by atoms with E-state index in [2.05, 4.69) is 11.6 Å². The molecule has 0 fully saturated rings. The maximum atomic E-state index is 10.9. The second-order valence-corrected chi connectivity index (χ2v) is 4.92. The van der Waals surface area contributed by atoms with Gasteiger partial charge in [0.1, 0.15) is 12.4 Å². The highest BCUT2D eigenvalue weighted by Gasteiger charge is 2.13. The topological polar surface area (TPSA) is 63.8 Å². The number of thiazole rings is 1. The third-order valence-corrected chi connectivity index (χ3v) is 3.67. The Morgan fingerprint density at radius 2 is 2.42 bits per heavy atom. The maximum Gasteiger partial charge on any atom is 0.356 e. The van der Waals surface area contributed by atoms with Crippen LogP contribution in [-0.2, 0) is 0 Å². The number of hydrogen-bond acceptors (Lipinski definition) is 4. The Bertz CT molecular complexity index is 788. The molecule has 2 aromatic heterocycles. The number of benzene rings is 1. The molecule has 0 aliphatic rings. The third kappa shape index (κ3) is 1.96. The highest BCUT2D eigenvalue weighted by atomic mass is 32.1. The fourth-order valence-electron chi connectivity index (χ4n) is 1.83. The van der Waals surface area contributed by atoms with E-state index in [-0.39, 0.29) is 5.69 Å². The molecule has 0 saturated heterocycles. The van der Waals surface area contributed by atoms with E-state index in [4.69, 9.17) is 9.84 Å². The summed E-state index contributed by atoms with van der Waals surface area (Å²) in [6.07, 6.45) is 3.21. The molecular weight excluding hydrogens is 264 g/mol. The number of ether oxygens (including phenoxy) is 1. The van der Waals surface area contributed by atoms with E-state index >= 15 is 0 Å². The lowest BCUT2D eigenvalue weighted by atomic mass is 10.3. The molecule has 0 saturated carbocycles. The van der Waals surface area contributed by atoms with E-state index in [1.54, 1.807) is 10.5 Å². The molecule has 5 nitrogen and oxygen atoms in total. The molecule has 0 aliphatic heterocycles. The molecule has 1 N–H and O–H groups in total. The Labute approximate surface area is 112 Å². The number of rotatable bonds is 4. The van der Waals surface area contributed by atoms with Gasteiger partial charge in [-0.3, -0.25) is 4.40 Å². The summed E-state index contributed by atoms with van der Waals surface area (Å²) in [6.45, 7) is 4.05. The van der Waals surface area contributed by atoms with Crippen LogP contribution < -0.4 is 4.74 Å². The zero-order chi connectivity index (χ0) is 13.4. The van der Waals surface area contributed by atoms with E-state index in [0.717, 1.165) is 16.0 Å². The van der Waals surface area contributed by atoms with Crippen LogP contribution in [0.2, 0.25) is 0 Å². The molecule has 96 valence electrons. The Balaban J connectivity index is 2.10. The molecule has 2 heterocycles. The number of hydrogen-bond donors (Lipinski definition) is 1. The first-order chi connectivity index (χ1) is 9.19. The molecule has 0 aliphatic carbocycles. The standard InChI is InChI=1S/C13H10N2O3S/c1-2-5-18-8-3-4-10-11(6-8)19-13-14-9(12(16)17)7-15(10)13/h2-4,6-7H,1,5H2,(H,16,17). The lowest BCUT2D eigenvalue weighted by molar-refractivity contribution is 0.0691. The fraction of sp³-hybridized carbons (Fsp3) is 0.0769. The van der Waals surface area contributed by atoms with Gasteiger partial charge in [-0.25, -0.2) is 9.78 Å². The van der Waals surface area contributed by atoms with Gasteiger partial charge < -0.3 is 9.84 Å². The second kappa shape index (κ2) is 4.40. The van der Waals surface area contributed by atoms with Gasteiger partial charge in [0.15, 0.2) is 10.7 Å². The van der Waals surface area contributed by atoms with Crippen molar-refractivity contribution in [3.05, 3.63) is 42.7 Å². The van der Waals surface area contributed by atoms with E-state index in [9.17, 15) is 4.79 Å². The average molecular weight is 274 g/mol. The van der Waals surface area contributed by atoms with Crippen molar-refractivity contribution in [3.63, 3.8) is 0 Å².